The van der Waals surface area contributed by atoms with Crippen molar-refractivity contribution < 1.29 is 0 Å². The second-order valence-corrected chi connectivity index (χ2v) is 6.34. The first-order valence-electron chi connectivity index (χ1n) is 8.26. The molecule has 0 bridgehead atoms. The van der Waals surface area contributed by atoms with Gasteiger partial charge in [0.15, 0.2) is 0 Å². The number of hydrogen-bond acceptors (Lipinski definition) is 2. The first-order valence-corrected chi connectivity index (χ1v) is 8.26. The quantitative estimate of drug-likeness (QED) is 0.810. The van der Waals surface area contributed by atoms with Gasteiger partial charge in [0.2, 0.25) is 0 Å². The normalized spacial score (nSPS) is 17.8. The van der Waals surface area contributed by atoms with Gasteiger partial charge in [-0.05, 0) is 55.9 Å². The van der Waals surface area contributed by atoms with E-state index in [-0.39, 0.29) is 0 Å². The minimum atomic E-state index is 0.481. The van der Waals surface area contributed by atoms with Gasteiger partial charge in [-0.1, -0.05) is 45.0 Å². The van der Waals surface area contributed by atoms with Gasteiger partial charge in [0.1, 0.15) is 0 Å². The first-order chi connectivity index (χ1) is 9.70. The Hall–Kier alpha value is -0.860. The number of nitrogens with one attached hydrogen (secondary N) is 1. The van der Waals surface area contributed by atoms with Crippen LogP contribution in [-0.4, -0.2) is 31.1 Å². The molecule has 1 aromatic rings. The average Bonchev–Trinajstić information content (AvgIpc) is 2.96. The number of nitrogens with zero attached hydrogens (tertiary/aromatic N) is 1. The van der Waals surface area contributed by atoms with Crippen LogP contribution in [0.4, 0.5) is 0 Å². The van der Waals surface area contributed by atoms with E-state index in [1.165, 1.54) is 43.5 Å². The van der Waals surface area contributed by atoms with Crippen LogP contribution in [0.1, 0.15) is 63.1 Å². The van der Waals surface area contributed by atoms with E-state index in [9.17, 15) is 0 Å². The highest BCUT2D eigenvalue weighted by Gasteiger charge is 2.18. The van der Waals surface area contributed by atoms with Gasteiger partial charge in [0, 0.05) is 12.6 Å². The van der Waals surface area contributed by atoms with Gasteiger partial charge in [-0.15, -0.1) is 0 Å². The number of rotatable bonds is 7. The lowest BCUT2D eigenvalue weighted by molar-refractivity contribution is 0.292. The molecule has 1 fully saturated rings. The minimum Gasteiger partial charge on any atom is -0.309 e. The Labute approximate surface area is 124 Å². The van der Waals surface area contributed by atoms with Crippen LogP contribution in [0.25, 0.3) is 0 Å². The fourth-order valence-corrected chi connectivity index (χ4v) is 2.94. The van der Waals surface area contributed by atoms with Crippen molar-refractivity contribution in [1.29, 1.82) is 0 Å². The van der Waals surface area contributed by atoms with E-state index in [2.05, 4.69) is 55.3 Å². The van der Waals surface area contributed by atoms with E-state index in [0.717, 1.165) is 13.1 Å². The average molecular weight is 274 g/mol. The summed E-state index contributed by atoms with van der Waals surface area (Å²) in [4.78, 5) is 2.60. The smallest absolute Gasteiger partial charge is 0.0449 e. The van der Waals surface area contributed by atoms with Crippen LogP contribution in [-0.2, 0) is 0 Å². The SMILES string of the molecule is CCCNC(CN1CCCC1)c1ccc(C(C)C)cc1. The maximum Gasteiger partial charge on any atom is 0.0449 e. The summed E-state index contributed by atoms with van der Waals surface area (Å²) in [5.41, 5.74) is 2.87. The molecular formula is C18H30N2. The Bertz CT molecular complexity index is 377. The Kier molecular flexibility index (Phi) is 6.06. The zero-order valence-electron chi connectivity index (χ0n) is 13.4. The molecule has 0 aromatic heterocycles. The van der Waals surface area contributed by atoms with Crippen molar-refractivity contribution in [1.82, 2.24) is 10.2 Å². The minimum absolute atomic E-state index is 0.481. The van der Waals surface area contributed by atoms with Crippen LogP contribution in [0.3, 0.4) is 0 Å². The molecule has 2 heteroatoms. The zero-order chi connectivity index (χ0) is 14.4. The van der Waals surface area contributed by atoms with Gasteiger partial charge in [-0.2, -0.15) is 0 Å². The lowest BCUT2D eigenvalue weighted by Crippen LogP contribution is -2.34. The molecule has 1 N–H and O–H groups in total. The third-order valence-corrected chi connectivity index (χ3v) is 4.29. The molecule has 1 aromatic carbocycles. The molecule has 112 valence electrons. The van der Waals surface area contributed by atoms with Crippen molar-refractivity contribution in [3.63, 3.8) is 0 Å². The van der Waals surface area contributed by atoms with E-state index in [1.807, 2.05) is 0 Å². The highest BCUT2D eigenvalue weighted by atomic mass is 15.2. The summed E-state index contributed by atoms with van der Waals surface area (Å²) in [6.07, 6.45) is 3.93. The first kappa shape index (κ1) is 15.5. The molecule has 1 unspecified atom stereocenters. The summed E-state index contributed by atoms with van der Waals surface area (Å²) in [5, 5.41) is 3.72. The van der Waals surface area contributed by atoms with E-state index in [0.29, 0.717) is 12.0 Å². The third kappa shape index (κ3) is 4.32. The summed E-state index contributed by atoms with van der Waals surface area (Å²) >= 11 is 0. The van der Waals surface area contributed by atoms with Crippen molar-refractivity contribution in [3.05, 3.63) is 35.4 Å². The third-order valence-electron chi connectivity index (χ3n) is 4.29. The van der Waals surface area contributed by atoms with Gasteiger partial charge in [-0.25, -0.2) is 0 Å². The van der Waals surface area contributed by atoms with E-state index in [1.54, 1.807) is 0 Å². The lowest BCUT2D eigenvalue weighted by Gasteiger charge is -2.25. The molecule has 1 saturated heterocycles. The van der Waals surface area contributed by atoms with Crippen molar-refractivity contribution in [2.75, 3.05) is 26.2 Å². The molecule has 0 amide bonds. The van der Waals surface area contributed by atoms with Gasteiger partial charge in [0.05, 0.1) is 0 Å². The molecule has 1 heterocycles. The van der Waals surface area contributed by atoms with Crippen LogP contribution in [0, 0.1) is 0 Å². The molecule has 20 heavy (non-hydrogen) atoms. The molecule has 0 spiro atoms. The summed E-state index contributed by atoms with van der Waals surface area (Å²) in [7, 11) is 0. The molecule has 1 aliphatic rings. The lowest BCUT2D eigenvalue weighted by atomic mass is 9.98. The number of likely N-dealkylation sites (tertiary alicyclic amines) is 1. The van der Waals surface area contributed by atoms with Crippen molar-refractivity contribution >= 4 is 0 Å². The summed E-state index contributed by atoms with van der Waals surface area (Å²) in [6.45, 7) is 11.5. The largest absolute Gasteiger partial charge is 0.309 e. The fourth-order valence-electron chi connectivity index (χ4n) is 2.94. The van der Waals surface area contributed by atoms with Gasteiger partial charge in [-0.3, -0.25) is 0 Å². The van der Waals surface area contributed by atoms with Crippen molar-refractivity contribution in [3.8, 4) is 0 Å². The summed E-state index contributed by atoms with van der Waals surface area (Å²) in [5.74, 6) is 0.615. The molecule has 1 atom stereocenters. The Morgan fingerprint density at radius 3 is 2.20 bits per heavy atom. The van der Waals surface area contributed by atoms with Gasteiger partial charge in [0.25, 0.3) is 0 Å². The monoisotopic (exact) mass is 274 g/mol. The number of hydrogen-bond donors (Lipinski definition) is 1. The van der Waals surface area contributed by atoms with Crippen LogP contribution in [0.2, 0.25) is 0 Å². The van der Waals surface area contributed by atoms with E-state index < -0.39 is 0 Å². The van der Waals surface area contributed by atoms with Crippen LogP contribution in [0.5, 0.6) is 0 Å². The van der Waals surface area contributed by atoms with Gasteiger partial charge < -0.3 is 10.2 Å². The molecule has 2 nitrogen and oxygen atoms in total. The summed E-state index contributed by atoms with van der Waals surface area (Å²) < 4.78 is 0. The van der Waals surface area contributed by atoms with Gasteiger partial charge >= 0.3 is 0 Å². The van der Waals surface area contributed by atoms with E-state index in [4.69, 9.17) is 0 Å². The Morgan fingerprint density at radius 2 is 1.65 bits per heavy atom. The highest BCUT2D eigenvalue weighted by Crippen LogP contribution is 2.21. The van der Waals surface area contributed by atoms with Crippen molar-refractivity contribution in [2.24, 2.45) is 0 Å². The predicted molar refractivity (Wildman–Crippen MR) is 87.2 cm³/mol. The molecule has 0 radical (unpaired) electrons. The summed E-state index contributed by atoms with van der Waals surface area (Å²) in [6, 6.07) is 9.71. The van der Waals surface area contributed by atoms with Crippen LogP contribution in [0.15, 0.2) is 24.3 Å². The molecule has 2 rings (SSSR count). The fraction of sp³-hybridized carbons (Fsp3) is 0.667. The second-order valence-electron chi connectivity index (χ2n) is 6.34. The molecule has 0 saturated carbocycles. The van der Waals surface area contributed by atoms with Crippen LogP contribution >= 0.6 is 0 Å². The number of benzene rings is 1. The van der Waals surface area contributed by atoms with E-state index >= 15 is 0 Å². The molecule has 1 aliphatic heterocycles. The Balaban J connectivity index is 2.03. The maximum absolute atomic E-state index is 3.72. The standard InChI is InChI=1S/C18H30N2/c1-4-11-19-18(14-20-12-5-6-13-20)17-9-7-16(8-10-17)15(2)3/h7-10,15,18-19H,4-6,11-14H2,1-3H3. The predicted octanol–water partition coefficient (Wildman–Crippen LogP) is 3.95. The van der Waals surface area contributed by atoms with Crippen molar-refractivity contribution in [2.45, 2.75) is 52.0 Å². The highest BCUT2D eigenvalue weighted by molar-refractivity contribution is 5.27. The Morgan fingerprint density at radius 1 is 1.05 bits per heavy atom. The zero-order valence-corrected chi connectivity index (χ0v) is 13.4. The molecule has 0 aliphatic carbocycles. The second kappa shape index (κ2) is 7.80. The van der Waals surface area contributed by atoms with Crippen LogP contribution < -0.4 is 5.32 Å². The topological polar surface area (TPSA) is 15.3 Å². The molecular weight excluding hydrogens is 244 g/mol. The maximum atomic E-state index is 3.72.